The van der Waals surface area contributed by atoms with E-state index in [1.807, 2.05) is 48.5 Å². The summed E-state index contributed by atoms with van der Waals surface area (Å²) < 4.78 is 15.9. The van der Waals surface area contributed by atoms with Gasteiger partial charge in [0.1, 0.15) is 17.2 Å². The van der Waals surface area contributed by atoms with E-state index in [4.69, 9.17) is 14.2 Å². The van der Waals surface area contributed by atoms with Crippen LogP contribution in [0.4, 0.5) is 5.69 Å². The normalized spacial score (nSPS) is 10.0. The van der Waals surface area contributed by atoms with Crippen LogP contribution in [0.1, 0.15) is 12.8 Å². The van der Waals surface area contributed by atoms with Gasteiger partial charge in [-0.05, 0) is 42.8 Å². The Balaban J connectivity index is 1.72. The molecule has 2 rings (SSSR count). The van der Waals surface area contributed by atoms with Crippen LogP contribution in [0, 0.1) is 0 Å². The average molecular weight is 315 g/mol. The summed E-state index contributed by atoms with van der Waals surface area (Å²) in [4.78, 5) is 11.9. The van der Waals surface area contributed by atoms with Crippen LogP contribution in [0.25, 0.3) is 0 Å². The smallest absolute Gasteiger partial charge is 0.224 e. The van der Waals surface area contributed by atoms with E-state index in [0.29, 0.717) is 30.9 Å². The van der Waals surface area contributed by atoms with Gasteiger partial charge in [0, 0.05) is 6.42 Å². The zero-order valence-corrected chi connectivity index (χ0v) is 13.4. The van der Waals surface area contributed by atoms with Crippen molar-refractivity contribution < 1.29 is 19.0 Å². The Morgan fingerprint density at radius 2 is 1.65 bits per heavy atom. The number of amides is 1. The minimum atomic E-state index is -0.0622. The molecule has 0 bridgehead atoms. The van der Waals surface area contributed by atoms with Crippen LogP contribution in [0.5, 0.6) is 17.2 Å². The lowest BCUT2D eigenvalue weighted by Crippen LogP contribution is -2.13. The Morgan fingerprint density at radius 3 is 2.35 bits per heavy atom. The van der Waals surface area contributed by atoms with Crippen LogP contribution in [0.2, 0.25) is 0 Å². The Labute approximate surface area is 136 Å². The van der Waals surface area contributed by atoms with Gasteiger partial charge in [0.25, 0.3) is 0 Å². The first kappa shape index (κ1) is 16.7. The first-order valence-electron chi connectivity index (χ1n) is 7.42. The van der Waals surface area contributed by atoms with Gasteiger partial charge < -0.3 is 19.5 Å². The topological polar surface area (TPSA) is 56.8 Å². The molecule has 0 aromatic heterocycles. The lowest BCUT2D eigenvalue weighted by molar-refractivity contribution is -0.116. The monoisotopic (exact) mass is 315 g/mol. The van der Waals surface area contributed by atoms with E-state index >= 15 is 0 Å². The number of ether oxygens (including phenoxy) is 3. The van der Waals surface area contributed by atoms with Crippen molar-refractivity contribution in [2.24, 2.45) is 0 Å². The van der Waals surface area contributed by atoms with Gasteiger partial charge in [-0.1, -0.05) is 12.1 Å². The lowest BCUT2D eigenvalue weighted by Gasteiger charge is -2.10. The van der Waals surface area contributed by atoms with Crippen molar-refractivity contribution in [3.8, 4) is 17.2 Å². The van der Waals surface area contributed by atoms with Crippen molar-refractivity contribution in [1.82, 2.24) is 0 Å². The highest BCUT2D eigenvalue weighted by Gasteiger charge is 2.06. The maximum absolute atomic E-state index is 11.9. The molecule has 0 fully saturated rings. The fourth-order valence-corrected chi connectivity index (χ4v) is 2.06. The number of nitrogens with one attached hydrogen (secondary N) is 1. The summed E-state index contributed by atoms with van der Waals surface area (Å²) in [5, 5.41) is 2.84. The number of hydrogen-bond donors (Lipinski definition) is 1. The van der Waals surface area contributed by atoms with Gasteiger partial charge in [-0.25, -0.2) is 0 Å². The molecular formula is C18H21NO4. The van der Waals surface area contributed by atoms with Gasteiger partial charge in [-0.2, -0.15) is 0 Å². The van der Waals surface area contributed by atoms with Crippen molar-refractivity contribution in [3.05, 3.63) is 48.5 Å². The van der Waals surface area contributed by atoms with Crippen molar-refractivity contribution in [1.29, 1.82) is 0 Å². The van der Waals surface area contributed by atoms with Crippen molar-refractivity contribution >= 4 is 11.6 Å². The highest BCUT2D eigenvalue weighted by molar-refractivity contribution is 5.92. The predicted octanol–water partition coefficient (Wildman–Crippen LogP) is 3.50. The Hall–Kier alpha value is -2.69. The number of carbonyl (C=O) groups excluding carboxylic acids is 1. The summed E-state index contributed by atoms with van der Waals surface area (Å²) in [5.74, 6) is 2.13. The van der Waals surface area contributed by atoms with Gasteiger partial charge in [0.2, 0.25) is 5.91 Å². The van der Waals surface area contributed by atoms with Gasteiger partial charge in [-0.3, -0.25) is 4.79 Å². The second-order valence-electron chi connectivity index (χ2n) is 4.88. The SMILES string of the molecule is COc1ccc(OCCCC(=O)Nc2ccccc2OC)cc1. The van der Waals surface area contributed by atoms with Crippen LogP contribution in [0.3, 0.4) is 0 Å². The molecule has 5 nitrogen and oxygen atoms in total. The second kappa shape index (κ2) is 8.68. The van der Waals surface area contributed by atoms with Crippen molar-refractivity contribution in [3.63, 3.8) is 0 Å². The zero-order chi connectivity index (χ0) is 16.5. The van der Waals surface area contributed by atoms with Gasteiger partial charge >= 0.3 is 0 Å². The standard InChI is InChI=1S/C18H21NO4/c1-21-14-9-11-15(12-10-14)23-13-5-8-18(20)19-16-6-3-4-7-17(16)22-2/h3-4,6-7,9-12H,5,8,13H2,1-2H3,(H,19,20). The largest absolute Gasteiger partial charge is 0.497 e. The second-order valence-corrected chi connectivity index (χ2v) is 4.88. The molecule has 0 radical (unpaired) electrons. The molecule has 0 saturated carbocycles. The fraction of sp³-hybridized carbons (Fsp3) is 0.278. The van der Waals surface area contributed by atoms with E-state index in [-0.39, 0.29) is 5.91 Å². The van der Waals surface area contributed by atoms with E-state index < -0.39 is 0 Å². The molecule has 0 unspecified atom stereocenters. The molecular weight excluding hydrogens is 294 g/mol. The first-order chi connectivity index (χ1) is 11.2. The maximum atomic E-state index is 11.9. The molecule has 0 aliphatic heterocycles. The fourth-order valence-electron chi connectivity index (χ4n) is 2.06. The molecule has 5 heteroatoms. The Kier molecular flexibility index (Phi) is 6.29. The summed E-state index contributed by atoms with van der Waals surface area (Å²) in [5.41, 5.74) is 0.677. The van der Waals surface area contributed by atoms with Gasteiger partial charge in [0.15, 0.2) is 0 Å². The third kappa shape index (κ3) is 5.21. The molecule has 122 valence electrons. The molecule has 2 aromatic rings. The summed E-state index contributed by atoms with van der Waals surface area (Å²) in [6.07, 6.45) is 1.02. The number of rotatable bonds is 8. The molecule has 1 amide bonds. The molecule has 23 heavy (non-hydrogen) atoms. The highest BCUT2D eigenvalue weighted by atomic mass is 16.5. The summed E-state index contributed by atoms with van der Waals surface area (Å²) >= 11 is 0. The van der Waals surface area contributed by atoms with E-state index in [2.05, 4.69) is 5.32 Å². The van der Waals surface area contributed by atoms with E-state index in [9.17, 15) is 4.79 Å². The number of methoxy groups -OCH3 is 2. The lowest BCUT2D eigenvalue weighted by atomic mass is 10.2. The van der Waals surface area contributed by atoms with Gasteiger partial charge in [0.05, 0.1) is 26.5 Å². The highest BCUT2D eigenvalue weighted by Crippen LogP contribution is 2.23. The Bertz CT molecular complexity index is 625. The minimum Gasteiger partial charge on any atom is -0.497 e. The van der Waals surface area contributed by atoms with Crippen molar-refractivity contribution in [2.45, 2.75) is 12.8 Å². The van der Waals surface area contributed by atoms with E-state index in [0.717, 1.165) is 11.5 Å². The van der Waals surface area contributed by atoms with Crippen LogP contribution in [0.15, 0.2) is 48.5 Å². The van der Waals surface area contributed by atoms with Crippen LogP contribution in [-0.2, 0) is 4.79 Å². The van der Waals surface area contributed by atoms with E-state index in [1.54, 1.807) is 14.2 Å². The number of hydrogen-bond acceptors (Lipinski definition) is 4. The third-order valence-corrected chi connectivity index (χ3v) is 3.26. The third-order valence-electron chi connectivity index (χ3n) is 3.26. The molecule has 2 aromatic carbocycles. The number of carbonyl (C=O) groups is 1. The molecule has 0 heterocycles. The molecule has 0 saturated heterocycles. The van der Waals surface area contributed by atoms with Crippen LogP contribution < -0.4 is 19.5 Å². The number of benzene rings is 2. The first-order valence-corrected chi connectivity index (χ1v) is 7.42. The Morgan fingerprint density at radius 1 is 0.957 bits per heavy atom. The van der Waals surface area contributed by atoms with Crippen molar-refractivity contribution in [2.75, 3.05) is 26.1 Å². The number of para-hydroxylation sites is 2. The zero-order valence-electron chi connectivity index (χ0n) is 13.4. The molecule has 0 aliphatic rings. The summed E-state index contributed by atoms with van der Waals surface area (Å²) in [6, 6.07) is 14.7. The minimum absolute atomic E-state index is 0.0622. The van der Waals surface area contributed by atoms with Gasteiger partial charge in [-0.15, -0.1) is 0 Å². The summed E-state index contributed by atoms with van der Waals surface area (Å²) in [7, 11) is 3.20. The van der Waals surface area contributed by atoms with E-state index in [1.165, 1.54) is 0 Å². The molecule has 0 aliphatic carbocycles. The molecule has 0 spiro atoms. The summed E-state index contributed by atoms with van der Waals surface area (Å²) in [6.45, 7) is 0.478. The molecule has 1 N–H and O–H groups in total. The molecule has 0 atom stereocenters. The maximum Gasteiger partial charge on any atom is 0.224 e. The average Bonchev–Trinajstić information content (AvgIpc) is 2.59. The number of anilines is 1. The van der Waals surface area contributed by atoms with Crippen LogP contribution >= 0.6 is 0 Å². The quantitative estimate of drug-likeness (QED) is 0.758. The predicted molar refractivity (Wildman–Crippen MR) is 89.3 cm³/mol. The van der Waals surface area contributed by atoms with Crippen LogP contribution in [-0.4, -0.2) is 26.7 Å².